The average Bonchev–Trinajstić information content (AvgIpc) is 3.51. The molecular weight excluding hydrogens is 507 g/mol. The van der Waals surface area contributed by atoms with Crippen LogP contribution in [0.1, 0.15) is 54.4 Å². The Morgan fingerprint density at radius 1 is 0.892 bits per heavy atom. The molecule has 0 radical (unpaired) electrons. The highest BCUT2D eigenvalue weighted by molar-refractivity contribution is 7.95. The Bertz CT molecular complexity index is 1470. The van der Waals surface area contributed by atoms with Crippen LogP contribution in [0.15, 0.2) is 53.6 Å². The lowest BCUT2D eigenvalue weighted by molar-refractivity contribution is 0.355. The van der Waals surface area contributed by atoms with Crippen molar-refractivity contribution in [3.8, 4) is 17.0 Å². The van der Waals surface area contributed by atoms with Crippen LogP contribution in [0.4, 0.5) is 22.0 Å². The molecule has 0 bridgehead atoms. The monoisotopic (exact) mass is 530 g/mol. The molecule has 0 saturated heterocycles. The van der Waals surface area contributed by atoms with Crippen molar-refractivity contribution in [3.63, 3.8) is 0 Å². The smallest absolute Gasteiger partial charge is 0.215 e. The molecule has 0 amide bonds. The van der Waals surface area contributed by atoms with Gasteiger partial charge in [-0.1, -0.05) is 32.0 Å². The standard InChI is InChI=1S/C28H23F5N2OS/c1-14(2)15-4-7-20(21(13-15)22-10-11-34-35(22)3)19-8-5-16-12-17(6-9-18(16)19)37-36-28-26(32)24(30)23(29)25(31)27(28)33/h4,6-7,9-14,19H,5,8H2,1-3H3. The van der Waals surface area contributed by atoms with E-state index in [-0.39, 0.29) is 5.92 Å². The van der Waals surface area contributed by atoms with Crippen molar-refractivity contribution in [1.29, 1.82) is 0 Å². The van der Waals surface area contributed by atoms with E-state index in [1.54, 1.807) is 12.3 Å². The van der Waals surface area contributed by atoms with E-state index in [1.807, 2.05) is 29.9 Å². The Morgan fingerprint density at radius 3 is 2.22 bits per heavy atom. The van der Waals surface area contributed by atoms with E-state index >= 15 is 0 Å². The fraction of sp³-hybridized carbons (Fsp3) is 0.250. The minimum absolute atomic E-state index is 0.135. The summed E-state index contributed by atoms with van der Waals surface area (Å²) in [5.74, 6) is -11.1. The van der Waals surface area contributed by atoms with E-state index in [0.717, 1.165) is 35.2 Å². The summed E-state index contributed by atoms with van der Waals surface area (Å²) in [7, 11) is 1.91. The molecule has 5 rings (SSSR count). The first-order chi connectivity index (χ1) is 17.7. The van der Waals surface area contributed by atoms with Gasteiger partial charge in [0.15, 0.2) is 0 Å². The van der Waals surface area contributed by atoms with Crippen LogP contribution in [0, 0.1) is 29.1 Å². The second-order valence-corrected chi connectivity index (χ2v) is 10.2. The van der Waals surface area contributed by atoms with Crippen LogP contribution >= 0.6 is 12.0 Å². The maximum Gasteiger partial charge on any atom is 0.215 e. The van der Waals surface area contributed by atoms with E-state index in [0.29, 0.717) is 22.9 Å². The summed E-state index contributed by atoms with van der Waals surface area (Å²) < 4.78 is 75.0. The van der Waals surface area contributed by atoms with Crippen LogP contribution in [-0.4, -0.2) is 9.78 Å². The second kappa shape index (κ2) is 9.85. The molecule has 37 heavy (non-hydrogen) atoms. The van der Waals surface area contributed by atoms with Gasteiger partial charge in [0.05, 0.1) is 17.7 Å². The quantitative estimate of drug-likeness (QED) is 0.109. The van der Waals surface area contributed by atoms with Gasteiger partial charge in [-0.2, -0.15) is 13.9 Å². The average molecular weight is 531 g/mol. The van der Waals surface area contributed by atoms with Crippen molar-refractivity contribution in [2.24, 2.45) is 7.05 Å². The Hall–Kier alpha value is -3.33. The summed E-state index contributed by atoms with van der Waals surface area (Å²) in [5.41, 5.74) is 6.73. The van der Waals surface area contributed by atoms with Gasteiger partial charge in [0, 0.05) is 29.6 Å². The molecule has 0 N–H and O–H groups in total. The number of hydrogen-bond donors (Lipinski definition) is 0. The SMILES string of the molecule is CC(C)c1ccc(C2CCc3cc(SOc4c(F)c(F)c(F)c(F)c4F)ccc32)c(-c2ccnn2C)c1. The molecule has 1 aliphatic rings. The van der Waals surface area contributed by atoms with Crippen molar-refractivity contribution >= 4 is 12.0 Å². The van der Waals surface area contributed by atoms with Crippen molar-refractivity contribution in [2.45, 2.75) is 43.4 Å². The molecule has 1 heterocycles. The van der Waals surface area contributed by atoms with E-state index in [2.05, 4.69) is 37.1 Å². The molecule has 0 spiro atoms. The van der Waals surface area contributed by atoms with Gasteiger partial charge in [-0.3, -0.25) is 4.68 Å². The molecule has 1 unspecified atom stereocenters. The Morgan fingerprint density at radius 2 is 1.57 bits per heavy atom. The fourth-order valence-electron chi connectivity index (χ4n) is 4.81. The van der Waals surface area contributed by atoms with Crippen LogP contribution in [-0.2, 0) is 13.5 Å². The molecular formula is C28H23F5N2OS. The zero-order valence-electron chi connectivity index (χ0n) is 20.3. The van der Waals surface area contributed by atoms with Gasteiger partial charge >= 0.3 is 0 Å². The number of aryl methyl sites for hydroxylation is 2. The number of rotatable bonds is 6. The maximum atomic E-state index is 14.0. The number of hydrogen-bond acceptors (Lipinski definition) is 3. The largest absolute Gasteiger partial charge is 0.414 e. The van der Waals surface area contributed by atoms with Gasteiger partial charge in [0.2, 0.25) is 34.8 Å². The molecule has 0 fully saturated rings. The third-order valence-corrected chi connectivity index (χ3v) is 7.50. The number of fused-ring (bicyclic) bond motifs is 1. The lowest BCUT2D eigenvalue weighted by Crippen LogP contribution is -2.04. The minimum atomic E-state index is -2.22. The third kappa shape index (κ3) is 4.50. The first kappa shape index (κ1) is 25.3. The van der Waals surface area contributed by atoms with Crippen LogP contribution < -0.4 is 4.18 Å². The maximum absolute atomic E-state index is 14.0. The molecule has 192 valence electrons. The Balaban J connectivity index is 1.44. The van der Waals surface area contributed by atoms with E-state index < -0.39 is 34.8 Å². The molecule has 0 saturated carbocycles. The zero-order chi connectivity index (χ0) is 26.4. The van der Waals surface area contributed by atoms with Gasteiger partial charge in [-0.05, 0) is 65.3 Å². The number of nitrogens with zero attached hydrogens (tertiary/aromatic N) is 2. The first-order valence-corrected chi connectivity index (χ1v) is 12.5. The van der Waals surface area contributed by atoms with Gasteiger partial charge < -0.3 is 4.18 Å². The summed E-state index contributed by atoms with van der Waals surface area (Å²) in [6.07, 6.45) is 3.42. The highest BCUT2D eigenvalue weighted by Crippen LogP contribution is 2.44. The van der Waals surface area contributed by atoms with Crippen molar-refractivity contribution in [3.05, 3.63) is 100 Å². The van der Waals surface area contributed by atoms with E-state index in [9.17, 15) is 22.0 Å². The molecule has 9 heteroatoms. The Kier molecular flexibility index (Phi) is 6.74. The zero-order valence-corrected chi connectivity index (χ0v) is 21.1. The summed E-state index contributed by atoms with van der Waals surface area (Å²) in [6.45, 7) is 4.31. The summed E-state index contributed by atoms with van der Waals surface area (Å²) in [6, 6.07) is 14.0. The first-order valence-electron chi connectivity index (χ1n) is 11.8. The molecule has 4 aromatic rings. The van der Waals surface area contributed by atoms with E-state index in [4.69, 9.17) is 4.18 Å². The predicted molar refractivity (Wildman–Crippen MR) is 132 cm³/mol. The molecule has 1 atom stereocenters. The number of benzene rings is 3. The van der Waals surface area contributed by atoms with Crippen molar-refractivity contribution < 1.29 is 26.1 Å². The summed E-state index contributed by atoms with van der Waals surface area (Å²) >= 11 is 0.549. The Labute approximate surface area is 215 Å². The lowest BCUT2D eigenvalue weighted by Gasteiger charge is -2.20. The molecule has 3 aromatic carbocycles. The van der Waals surface area contributed by atoms with Crippen LogP contribution in [0.2, 0.25) is 0 Å². The molecule has 0 aliphatic heterocycles. The fourth-order valence-corrected chi connectivity index (χ4v) is 5.45. The van der Waals surface area contributed by atoms with Crippen molar-refractivity contribution in [1.82, 2.24) is 9.78 Å². The van der Waals surface area contributed by atoms with Gasteiger partial charge in [-0.15, -0.1) is 0 Å². The molecule has 3 nitrogen and oxygen atoms in total. The van der Waals surface area contributed by atoms with Gasteiger partial charge in [0.1, 0.15) is 0 Å². The van der Waals surface area contributed by atoms with Gasteiger partial charge in [0.25, 0.3) is 0 Å². The number of halogens is 5. The van der Waals surface area contributed by atoms with Crippen LogP contribution in [0.25, 0.3) is 11.3 Å². The second-order valence-electron chi connectivity index (χ2n) is 9.36. The van der Waals surface area contributed by atoms with Crippen molar-refractivity contribution in [2.75, 3.05) is 0 Å². The highest BCUT2D eigenvalue weighted by atomic mass is 32.2. The topological polar surface area (TPSA) is 27.1 Å². The highest BCUT2D eigenvalue weighted by Gasteiger charge is 2.29. The van der Waals surface area contributed by atoms with Gasteiger partial charge in [-0.25, -0.2) is 13.2 Å². The normalized spacial score (nSPS) is 14.9. The minimum Gasteiger partial charge on any atom is -0.414 e. The van der Waals surface area contributed by atoms with Crippen LogP contribution in [0.3, 0.4) is 0 Å². The summed E-state index contributed by atoms with van der Waals surface area (Å²) in [4.78, 5) is 0.491. The third-order valence-electron chi connectivity index (χ3n) is 6.80. The lowest BCUT2D eigenvalue weighted by atomic mass is 9.86. The van der Waals surface area contributed by atoms with E-state index in [1.165, 1.54) is 11.1 Å². The van der Waals surface area contributed by atoms with Crippen LogP contribution in [0.5, 0.6) is 5.75 Å². The predicted octanol–water partition coefficient (Wildman–Crippen LogP) is 8.07. The number of aromatic nitrogens is 2. The molecule has 1 aromatic heterocycles. The molecule has 1 aliphatic carbocycles. The summed E-state index contributed by atoms with van der Waals surface area (Å²) in [5, 5.41) is 4.34.